The summed E-state index contributed by atoms with van der Waals surface area (Å²) in [5.74, 6) is -0.0112. The van der Waals surface area contributed by atoms with E-state index in [1.54, 1.807) is 12.3 Å². The van der Waals surface area contributed by atoms with Crippen molar-refractivity contribution in [3.8, 4) is 0 Å². The molecule has 1 saturated carbocycles. The molecule has 2 rings (SSSR count). The first-order chi connectivity index (χ1) is 7.05. The molecule has 1 aliphatic carbocycles. The van der Waals surface area contributed by atoms with Crippen molar-refractivity contribution in [1.29, 1.82) is 0 Å². The molecular weight excluding hydrogens is 256 g/mol. The zero-order valence-electron chi connectivity index (χ0n) is 8.93. The summed E-state index contributed by atoms with van der Waals surface area (Å²) in [5.41, 5.74) is 0.937. The normalized spacial score (nSPS) is 28.9. The minimum atomic E-state index is -0.0112. The first-order valence-corrected chi connectivity index (χ1v) is 5.99. The predicted octanol–water partition coefficient (Wildman–Crippen LogP) is 2.70. The fourth-order valence-corrected chi connectivity index (χ4v) is 2.10. The quantitative estimate of drug-likeness (QED) is 0.872. The van der Waals surface area contributed by atoms with Crippen LogP contribution < -0.4 is 5.32 Å². The molecule has 15 heavy (non-hydrogen) atoms. The van der Waals surface area contributed by atoms with E-state index in [9.17, 15) is 4.79 Å². The van der Waals surface area contributed by atoms with Crippen molar-refractivity contribution in [3.05, 3.63) is 22.4 Å². The molecule has 0 aliphatic heterocycles. The Morgan fingerprint density at radius 3 is 3.00 bits per heavy atom. The van der Waals surface area contributed by atoms with Gasteiger partial charge in [0.15, 0.2) is 0 Å². The van der Waals surface area contributed by atoms with Crippen molar-refractivity contribution in [3.63, 3.8) is 0 Å². The van der Waals surface area contributed by atoms with Crippen LogP contribution in [0, 0.1) is 5.41 Å². The molecule has 3 nitrogen and oxygen atoms in total. The molecule has 1 amide bonds. The van der Waals surface area contributed by atoms with Gasteiger partial charge in [-0.25, -0.2) is 0 Å². The number of rotatable bonds is 3. The summed E-state index contributed by atoms with van der Waals surface area (Å²) in [6.07, 6.45) is 3.98. The SMILES string of the molecule is CCC1(C)CC1NC(=O)c1cc(Br)c[nH]1. The molecule has 1 fully saturated rings. The summed E-state index contributed by atoms with van der Waals surface area (Å²) >= 11 is 3.31. The van der Waals surface area contributed by atoms with Crippen LogP contribution in [0.5, 0.6) is 0 Å². The Morgan fingerprint density at radius 1 is 1.80 bits per heavy atom. The smallest absolute Gasteiger partial charge is 0.267 e. The van der Waals surface area contributed by atoms with Gasteiger partial charge in [-0.15, -0.1) is 0 Å². The van der Waals surface area contributed by atoms with Gasteiger partial charge in [-0.05, 0) is 40.3 Å². The number of amides is 1. The Balaban J connectivity index is 1.95. The van der Waals surface area contributed by atoms with Crippen molar-refractivity contribution >= 4 is 21.8 Å². The highest BCUT2D eigenvalue weighted by molar-refractivity contribution is 9.10. The summed E-state index contributed by atoms with van der Waals surface area (Å²) in [6.45, 7) is 4.37. The lowest BCUT2D eigenvalue weighted by Gasteiger charge is -2.08. The maximum atomic E-state index is 11.7. The van der Waals surface area contributed by atoms with Gasteiger partial charge in [0.05, 0.1) is 0 Å². The summed E-state index contributed by atoms with van der Waals surface area (Å²) in [4.78, 5) is 14.7. The monoisotopic (exact) mass is 270 g/mol. The average Bonchev–Trinajstić information content (AvgIpc) is 2.64. The third kappa shape index (κ3) is 2.09. The summed E-state index contributed by atoms with van der Waals surface area (Å²) in [5, 5.41) is 3.03. The van der Waals surface area contributed by atoms with Crippen LogP contribution in [0.1, 0.15) is 37.2 Å². The lowest BCUT2D eigenvalue weighted by Crippen LogP contribution is -2.29. The van der Waals surface area contributed by atoms with Crippen LogP contribution >= 0.6 is 15.9 Å². The highest BCUT2D eigenvalue weighted by Gasteiger charge is 2.49. The molecule has 0 bridgehead atoms. The van der Waals surface area contributed by atoms with E-state index in [0.717, 1.165) is 17.3 Å². The standard InChI is InChI=1S/C11H15BrN2O/c1-3-11(2)5-9(11)14-10(15)8-4-7(12)6-13-8/h4,6,9,13H,3,5H2,1-2H3,(H,14,15). The molecule has 2 N–H and O–H groups in total. The van der Waals surface area contributed by atoms with Crippen molar-refractivity contribution in [1.82, 2.24) is 10.3 Å². The Hall–Kier alpha value is -0.770. The maximum Gasteiger partial charge on any atom is 0.267 e. The van der Waals surface area contributed by atoms with Gasteiger partial charge in [0.1, 0.15) is 5.69 Å². The predicted molar refractivity (Wildman–Crippen MR) is 62.8 cm³/mol. The third-order valence-corrected chi connectivity index (χ3v) is 3.81. The maximum absolute atomic E-state index is 11.7. The fourth-order valence-electron chi connectivity index (χ4n) is 1.76. The van der Waals surface area contributed by atoms with Gasteiger partial charge in [0, 0.05) is 16.7 Å². The molecule has 0 saturated heterocycles. The highest BCUT2D eigenvalue weighted by atomic mass is 79.9. The van der Waals surface area contributed by atoms with Crippen LogP contribution in [-0.2, 0) is 0 Å². The Kier molecular flexibility index (Phi) is 2.63. The minimum Gasteiger partial charge on any atom is -0.356 e. The van der Waals surface area contributed by atoms with E-state index in [2.05, 4.69) is 40.1 Å². The van der Waals surface area contributed by atoms with Crippen LogP contribution in [0.2, 0.25) is 0 Å². The minimum absolute atomic E-state index is 0.0112. The molecule has 1 aromatic rings. The van der Waals surface area contributed by atoms with Gasteiger partial charge >= 0.3 is 0 Å². The first-order valence-electron chi connectivity index (χ1n) is 5.20. The number of H-pyrrole nitrogens is 1. The molecule has 2 unspecified atom stereocenters. The zero-order chi connectivity index (χ0) is 11.1. The van der Waals surface area contributed by atoms with E-state index in [4.69, 9.17) is 0 Å². The second-order valence-corrected chi connectivity index (χ2v) is 5.39. The molecule has 1 aliphatic rings. The van der Waals surface area contributed by atoms with Crippen molar-refractivity contribution in [2.24, 2.45) is 5.41 Å². The number of nitrogens with one attached hydrogen (secondary N) is 2. The zero-order valence-corrected chi connectivity index (χ0v) is 10.5. The fraction of sp³-hybridized carbons (Fsp3) is 0.545. The Bertz CT molecular complexity index is 388. The van der Waals surface area contributed by atoms with Crippen molar-refractivity contribution in [2.45, 2.75) is 32.7 Å². The number of aromatic nitrogens is 1. The van der Waals surface area contributed by atoms with Crippen LogP contribution in [0.4, 0.5) is 0 Å². The molecule has 1 aromatic heterocycles. The number of carbonyl (C=O) groups excluding carboxylic acids is 1. The number of carbonyl (C=O) groups is 1. The second kappa shape index (κ2) is 3.67. The molecule has 1 heterocycles. The number of hydrogen-bond donors (Lipinski definition) is 2. The van der Waals surface area contributed by atoms with E-state index in [1.807, 2.05) is 0 Å². The molecule has 0 aromatic carbocycles. The van der Waals surface area contributed by atoms with Gasteiger partial charge in [-0.3, -0.25) is 4.79 Å². The van der Waals surface area contributed by atoms with Gasteiger partial charge in [-0.2, -0.15) is 0 Å². The summed E-state index contributed by atoms with van der Waals surface area (Å²) in [7, 11) is 0. The van der Waals surface area contributed by atoms with E-state index < -0.39 is 0 Å². The second-order valence-electron chi connectivity index (χ2n) is 4.47. The molecular formula is C11H15BrN2O. The van der Waals surface area contributed by atoms with E-state index in [1.165, 1.54) is 0 Å². The largest absolute Gasteiger partial charge is 0.356 e. The first kappa shape index (κ1) is 10.7. The molecule has 0 radical (unpaired) electrons. The molecule has 2 atom stereocenters. The Morgan fingerprint density at radius 2 is 2.53 bits per heavy atom. The van der Waals surface area contributed by atoms with Crippen LogP contribution in [0.15, 0.2) is 16.7 Å². The average molecular weight is 271 g/mol. The van der Waals surface area contributed by atoms with Gasteiger partial charge in [-0.1, -0.05) is 13.8 Å². The number of hydrogen-bond acceptors (Lipinski definition) is 1. The van der Waals surface area contributed by atoms with Gasteiger partial charge < -0.3 is 10.3 Å². The summed E-state index contributed by atoms with van der Waals surface area (Å²) in [6, 6.07) is 2.14. The third-order valence-electron chi connectivity index (χ3n) is 3.36. The van der Waals surface area contributed by atoms with Crippen LogP contribution in [-0.4, -0.2) is 16.9 Å². The lowest BCUT2D eigenvalue weighted by atomic mass is 10.1. The molecule has 82 valence electrons. The van der Waals surface area contributed by atoms with E-state index >= 15 is 0 Å². The van der Waals surface area contributed by atoms with Crippen molar-refractivity contribution < 1.29 is 4.79 Å². The Labute approximate surface area is 97.8 Å². The number of halogens is 1. The van der Waals surface area contributed by atoms with E-state index in [0.29, 0.717) is 17.2 Å². The number of aromatic amines is 1. The highest BCUT2D eigenvalue weighted by Crippen LogP contribution is 2.48. The van der Waals surface area contributed by atoms with Crippen molar-refractivity contribution in [2.75, 3.05) is 0 Å². The lowest BCUT2D eigenvalue weighted by molar-refractivity contribution is 0.0941. The van der Waals surface area contributed by atoms with Crippen LogP contribution in [0.25, 0.3) is 0 Å². The van der Waals surface area contributed by atoms with Crippen LogP contribution in [0.3, 0.4) is 0 Å². The molecule has 0 spiro atoms. The topological polar surface area (TPSA) is 44.9 Å². The van der Waals surface area contributed by atoms with Gasteiger partial charge in [0.25, 0.3) is 5.91 Å². The van der Waals surface area contributed by atoms with E-state index in [-0.39, 0.29) is 5.91 Å². The summed E-state index contributed by atoms with van der Waals surface area (Å²) < 4.78 is 0.904. The van der Waals surface area contributed by atoms with Gasteiger partial charge in [0.2, 0.25) is 0 Å². The molecule has 4 heteroatoms.